The maximum Gasteiger partial charge on any atom is 0.220 e. The Kier molecular flexibility index (Phi) is 3.39. The quantitative estimate of drug-likeness (QED) is 0.573. The summed E-state index contributed by atoms with van der Waals surface area (Å²) in [5.74, 6) is -0.897. The molecule has 0 aromatic heterocycles. The summed E-state index contributed by atoms with van der Waals surface area (Å²) in [6.45, 7) is 2.45. The highest BCUT2D eigenvalue weighted by Gasteiger charge is 2.28. The normalized spacial score (nSPS) is 29.6. The first-order chi connectivity index (χ1) is 9.67. The lowest BCUT2D eigenvalue weighted by Crippen LogP contribution is -2.51. The molecule has 0 amide bonds. The van der Waals surface area contributed by atoms with Gasteiger partial charge < -0.3 is 21.1 Å². The van der Waals surface area contributed by atoms with Crippen molar-refractivity contribution in [2.75, 3.05) is 19.7 Å². The van der Waals surface area contributed by atoms with E-state index in [1.807, 2.05) is 24.3 Å². The van der Waals surface area contributed by atoms with Crippen molar-refractivity contribution in [3.05, 3.63) is 35.4 Å². The molecule has 7 nitrogen and oxygen atoms in total. The number of aliphatic imine (C=N–C) groups is 2. The van der Waals surface area contributed by atoms with Gasteiger partial charge in [0, 0.05) is 18.7 Å². The fourth-order valence-electron chi connectivity index (χ4n) is 2.32. The SMILES string of the molecule is NC1=NC(N)(c2ccc(C3CNCCO3)cc2)NC=N1. The van der Waals surface area contributed by atoms with E-state index in [1.54, 1.807) is 0 Å². The number of nitrogens with zero attached hydrogens (tertiary/aromatic N) is 2. The van der Waals surface area contributed by atoms with Crippen LogP contribution in [0.25, 0.3) is 0 Å². The fraction of sp³-hybridized carbons (Fsp3) is 0.385. The van der Waals surface area contributed by atoms with Crippen molar-refractivity contribution in [1.29, 1.82) is 0 Å². The topological polar surface area (TPSA) is 110 Å². The van der Waals surface area contributed by atoms with Crippen molar-refractivity contribution < 1.29 is 4.74 Å². The van der Waals surface area contributed by atoms with Crippen LogP contribution < -0.4 is 22.1 Å². The average Bonchev–Trinajstić information content (AvgIpc) is 2.48. The van der Waals surface area contributed by atoms with E-state index in [2.05, 4.69) is 20.6 Å². The van der Waals surface area contributed by atoms with Gasteiger partial charge in [-0.1, -0.05) is 24.3 Å². The van der Waals surface area contributed by atoms with Crippen LogP contribution in [0.1, 0.15) is 17.2 Å². The monoisotopic (exact) mass is 274 g/mol. The molecule has 2 heterocycles. The lowest BCUT2D eigenvalue weighted by atomic mass is 10.0. The maximum absolute atomic E-state index is 6.19. The molecule has 2 aliphatic heterocycles. The number of ether oxygens (including phenoxy) is 1. The van der Waals surface area contributed by atoms with Gasteiger partial charge in [0.1, 0.15) is 0 Å². The number of nitrogens with one attached hydrogen (secondary N) is 2. The van der Waals surface area contributed by atoms with Crippen LogP contribution in [0, 0.1) is 0 Å². The molecule has 1 aromatic rings. The smallest absolute Gasteiger partial charge is 0.220 e. The van der Waals surface area contributed by atoms with Crippen LogP contribution in [0.2, 0.25) is 0 Å². The van der Waals surface area contributed by atoms with Crippen molar-refractivity contribution >= 4 is 12.3 Å². The minimum absolute atomic E-state index is 0.0842. The summed E-state index contributed by atoms with van der Waals surface area (Å²) in [6, 6.07) is 7.86. The second-order valence-corrected chi connectivity index (χ2v) is 4.82. The molecule has 0 saturated carbocycles. The molecule has 0 radical (unpaired) electrons. The van der Waals surface area contributed by atoms with Crippen LogP contribution in [-0.4, -0.2) is 32.0 Å². The Morgan fingerprint density at radius 3 is 2.75 bits per heavy atom. The zero-order chi connectivity index (χ0) is 14.0. The van der Waals surface area contributed by atoms with Gasteiger partial charge in [-0.05, 0) is 5.56 Å². The van der Waals surface area contributed by atoms with Crippen molar-refractivity contribution in [2.24, 2.45) is 21.5 Å². The second kappa shape index (κ2) is 5.20. The predicted octanol–water partition coefficient (Wildman–Crippen LogP) is -0.637. The molecule has 2 atom stereocenters. The molecule has 3 rings (SSSR count). The minimum Gasteiger partial charge on any atom is -0.371 e. The van der Waals surface area contributed by atoms with E-state index in [4.69, 9.17) is 16.2 Å². The van der Waals surface area contributed by atoms with Crippen molar-refractivity contribution in [3.63, 3.8) is 0 Å². The number of nitrogens with two attached hydrogens (primary N) is 2. The molecule has 0 bridgehead atoms. The molecule has 20 heavy (non-hydrogen) atoms. The van der Waals surface area contributed by atoms with Gasteiger partial charge in [-0.3, -0.25) is 5.73 Å². The van der Waals surface area contributed by atoms with Crippen LogP contribution in [0.5, 0.6) is 0 Å². The molecule has 0 aliphatic carbocycles. The molecule has 1 saturated heterocycles. The summed E-state index contributed by atoms with van der Waals surface area (Å²) >= 11 is 0. The molecule has 1 aromatic carbocycles. The van der Waals surface area contributed by atoms with E-state index >= 15 is 0 Å². The number of hydrogen-bond donors (Lipinski definition) is 4. The van der Waals surface area contributed by atoms with Gasteiger partial charge >= 0.3 is 0 Å². The molecule has 7 heteroatoms. The van der Waals surface area contributed by atoms with E-state index in [-0.39, 0.29) is 12.1 Å². The predicted molar refractivity (Wildman–Crippen MR) is 77.1 cm³/mol. The summed E-state index contributed by atoms with van der Waals surface area (Å²) in [6.07, 6.45) is 1.55. The second-order valence-electron chi connectivity index (χ2n) is 4.82. The molecule has 2 aliphatic rings. The lowest BCUT2D eigenvalue weighted by Gasteiger charge is -2.29. The first-order valence-corrected chi connectivity index (χ1v) is 6.54. The highest BCUT2D eigenvalue weighted by atomic mass is 16.5. The van der Waals surface area contributed by atoms with Crippen molar-refractivity contribution in [1.82, 2.24) is 10.6 Å². The molecule has 0 spiro atoms. The zero-order valence-electron chi connectivity index (χ0n) is 11.0. The Morgan fingerprint density at radius 1 is 1.30 bits per heavy atom. The Bertz CT molecular complexity index is 534. The van der Waals surface area contributed by atoms with Gasteiger partial charge in [-0.15, -0.1) is 0 Å². The molecule has 6 N–H and O–H groups in total. The van der Waals surface area contributed by atoms with E-state index in [1.165, 1.54) is 6.34 Å². The summed E-state index contributed by atoms with van der Waals surface area (Å²) in [4.78, 5) is 7.97. The third-order valence-electron chi connectivity index (χ3n) is 3.42. The third-order valence-corrected chi connectivity index (χ3v) is 3.42. The number of rotatable bonds is 2. The summed E-state index contributed by atoms with van der Waals surface area (Å²) in [5, 5.41) is 6.22. The molecular formula is C13H18N6O. The van der Waals surface area contributed by atoms with E-state index in [0.717, 1.165) is 30.8 Å². The summed E-state index contributed by atoms with van der Waals surface area (Å²) in [5.41, 5.74) is 13.7. The number of hydrogen-bond acceptors (Lipinski definition) is 7. The Morgan fingerprint density at radius 2 is 2.10 bits per heavy atom. The Labute approximate surface area is 117 Å². The zero-order valence-corrected chi connectivity index (χ0v) is 11.0. The first kappa shape index (κ1) is 13.0. The minimum atomic E-state index is -1.06. The van der Waals surface area contributed by atoms with Gasteiger partial charge in [-0.25, -0.2) is 9.98 Å². The number of morpholine rings is 1. The number of benzene rings is 1. The largest absolute Gasteiger partial charge is 0.371 e. The van der Waals surface area contributed by atoms with E-state index < -0.39 is 5.79 Å². The maximum atomic E-state index is 6.19. The van der Waals surface area contributed by atoms with E-state index in [9.17, 15) is 0 Å². The van der Waals surface area contributed by atoms with Crippen LogP contribution in [0.3, 0.4) is 0 Å². The summed E-state index contributed by atoms with van der Waals surface area (Å²) < 4.78 is 5.71. The van der Waals surface area contributed by atoms with Crippen LogP contribution in [-0.2, 0) is 10.5 Å². The van der Waals surface area contributed by atoms with Gasteiger partial charge in [-0.2, -0.15) is 0 Å². The molecule has 1 fully saturated rings. The van der Waals surface area contributed by atoms with Gasteiger partial charge in [0.25, 0.3) is 0 Å². The fourth-order valence-corrected chi connectivity index (χ4v) is 2.32. The molecule has 106 valence electrons. The van der Waals surface area contributed by atoms with Gasteiger partial charge in [0.2, 0.25) is 11.7 Å². The third kappa shape index (κ3) is 2.51. The van der Waals surface area contributed by atoms with Gasteiger partial charge in [0.05, 0.1) is 19.0 Å². The van der Waals surface area contributed by atoms with Crippen molar-refractivity contribution in [2.45, 2.75) is 11.9 Å². The molecule has 2 unspecified atom stereocenters. The summed E-state index contributed by atoms with van der Waals surface area (Å²) in [7, 11) is 0. The standard InChI is InChI=1S/C13H18N6O/c14-12-17-8-18-13(15,19-12)10-3-1-9(2-4-10)11-7-16-5-6-20-11/h1-4,8,11,16H,5-7,15H2,(H3,14,17,18,19). The van der Waals surface area contributed by atoms with Crippen LogP contribution in [0.4, 0.5) is 0 Å². The lowest BCUT2D eigenvalue weighted by molar-refractivity contribution is 0.0277. The highest BCUT2D eigenvalue weighted by Crippen LogP contribution is 2.23. The Balaban J connectivity index is 1.80. The van der Waals surface area contributed by atoms with Gasteiger partial charge in [0.15, 0.2) is 0 Å². The molecular weight excluding hydrogens is 256 g/mol. The van der Waals surface area contributed by atoms with E-state index in [0.29, 0.717) is 0 Å². The highest BCUT2D eigenvalue weighted by molar-refractivity contribution is 5.88. The van der Waals surface area contributed by atoms with Crippen LogP contribution in [0.15, 0.2) is 34.3 Å². The average molecular weight is 274 g/mol. The van der Waals surface area contributed by atoms with Crippen LogP contribution >= 0.6 is 0 Å². The Hall–Kier alpha value is -1.96. The number of guanidine groups is 1. The van der Waals surface area contributed by atoms with Crippen molar-refractivity contribution in [3.8, 4) is 0 Å². The first-order valence-electron chi connectivity index (χ1n) is 6.54.